The number of hydrogen-bond donors (Lipinski definition) is 1. The summed E-state index contributed by atoms with van der Waals surface area (Å²) in [5.41, 5.74) is 6.34. The summed E-state index contributed by atoms with van der Waals surface area (Å²) in [6.45, 7) is 4.83. The normalized spacial score (nSPS) is 21.3. The first-order valence-electron chi connectivity index (χ1n) is 6.86. The molecule has 1 heterocycles. The number of rotatable bonds is 3. The van der Waals surface area contributed by atoms with Crippen LogP contribution in [0.15, 0.2) is 24.3 Å². The summed E-state index contributed by atoms with van der Waals surface area (Å²) in [7, 11) is 0. The third-order valence-electron chi connectivity index (χ3n) is 3.74. The fraction of sp³-hybridized carbons (Fsp3) is 0.600. The number of halogens is 1. The van der Waals surface area contributed by atoms with E-state index in [4.69, 9.17) is 5.73 Å². The van der Waals surface area contributed by atoms with E-state index in [1.54, 1.807) is 12.1 Å². The van der Waals surface area contributed by atoms with Crippen LogP contribution in [0.1, 0.15) is 38.2 Å². The predicted molar refractivity (Wildman–Crippen MR) is 72.8 cm³/mol. The first-order valence-corrected chi connectivity index (χ1v) is 6.86. The topological polar surface area (TPSA) is 29.3 Å². The lowest BCUT2D eigenvalue weighted by molar-refractivity contribution is 0.221. The van der Waals surface area contributed by atoms with Crippen LogP contribution in [0.25, 0.3) is 0 Å². The lowest BCUT2D eigenvalue weighted by Gasteiger charge is -2.32. The van der Waals surface area contributed by atoms with Crippen molar-refractivity contribution in [3.63, 3.8) is 0 Å². The summed E-state index contributed by atoms with van der Waals surface area (Å²) < 4.78 is 13.8. The Morgan fingerprint density at radius 1 is 1.17 bits per heavy atom. The van der Waals surface area contributed by atoms with Gasteiger partial charge >= 0.3 is 0 Å². The van der Waals surface area contributed by atoms with Crippen LogP contribution in [-0.4, -0.2) is 24.5 Å². The molecule has 2 rings (SSSR count). The highest BCUT2D eigenvalue weighted by Gasteiger charge is 2.27. The molecule has 1 aliphatic heterocycles. The van der Waals surface area contributed by atoms with Gasteiger partial charge in [-0.05, 0) is 38.9 Å². The van der Waals surface area contributed by atoms with E-state index in [-0.39, 0.29) is 5.82 Å². The second kappa shape index (κ2) is 5.81. The minimum atomic E-state index is -0.615. The summed E-state index contributed by atoms with van der Waals surface area (Å²) in [6.07, 6.45) is 5.07. The Morgan fingerprint density at radius 2 is 1.78 bits per heavy atom. The van der Waals surface area contributed by atoms with Crippen LogP contribution < -0.4 is 5.73 Å². The molecule has 1 saturated heterocycles. The molecule has 0 bridgehead atoms. The maximum atomic E-state index is 13.8. The minimum absolute atomic E-state index is 0.197. The van der Waals surface area contributed by atoms with Gasteiger partial charge in [-0.1, -0.05) is 31.0 Å². The van der Waals surface area contributed by atoms with Gasteiger partial charge < -0.3 is 10.6 Å². The zero-order chi connectivity index (χ0) is 13.0. The molecule has 1 aromatic rings. The highest BCUT2D eigenvalue weighted by atomic mass is 19.1. The zero-order valence-corrected chi connectivity index (χ0v) is 11.2. The third kappa shape index (κ3) is 3.30. The van der Waals surface area contributed by atoms with E-state index in [0.717, 1.165) is 19.6 Å². The molecule has 100 valence electrons. The van der Waals surface area contributed by atoms with Crippen LogP contribution in [0.4, 0.5) is 4.39 Å². The van der Waals surface area contributed by atoms with Crippen molar-refractivity contribution < 1.29 is 4.39 Å². The van der Waals surface area contributed by atoms with Gasteiger partial charge in [0.2, 0.25) is 0 Å². The van der Waals surface area contributed by atoms with Crippen LogP contribution in [-0.2, 0) is 5.54 Å². The number of benzene rings is 1. The van der Waals surface area contributed by atoms with Gasteiger partial charge in [-0.2, -0.15) is 0 Å². The molecule has 1 aromatic carbocycles. The van der Waals surface area contributed by atoms with Crippen molar-refractivity contribution in [1.82, 2.24) is 4.90 Å². The molecule has 3 heteroatoms. The van der Waals surface area contributed by atoms with Crippen LogP contribution in [0.5, 0.6) is 0 Å². The summed E-state index contributed by atoms with van der Waals surface area (Å²) in [5.74, 6) is -0.197. The van der Waals surface area contributed by atoms with Gasteiger partial charge in [0.05, 0.1) is 5.54 Å². The first-order chi connectivity index (χ1) is 8.59. The molecule has 1 aliphatic rings. The molecule has 1 unspecified atom stereocenters. The first kappa shape index (κ1) is 13.5. The van der Waals surface area contributed by atoms with Gasteiger partial charge in [0.15, 0.2) is 0 Å². The van der Waals surface area contributed by atoms with E-state index in [2.05, 4.69) is 4.90 Å². The summed E-state index contributed by atoms with van der Waals surface area (Å²) in [6, 6.07) is 6.85. The molecule has 0 radical (unpaired) electrons. The van der Waals surface area contributed by atoms with E-state index in [0.29, 0.717) is 5.56 Å². The van der Waals surface area contributed by atoms with E-state index in [9.17, 15) is 4.39 Å². The minimum Gasteiger partial charge on any atom is -0.320 e. The number of likely N-dealkylation sites (tertiary alicyclic amines) is 1. The monoisotopic (exact) mass is 250 g/mol. The van der Waals surface area contributed by atoms with Gasteiger partial charge in [0, 0.05) is 12.1 Å². The fourth-order valence-corrected chi connectivity index (χ4v) is 2.77. The zero-order valence-electron chi connectivity index (χ0n) is 11.2. The number of nitrogens with two attached hydrogens (primary N) is 1. The second-order valence-corrected chi connectivity index (χ2v) is 5.59. The van der Waals surface area contributed by atoms with E-state index >= 15 is 0 Å². The quantitative estimate of drug-likeness (QED) is 0.893. The van der Waals surface area contributed by atoms with Crippen molar-refractivity contribution in [3.05, 3.63) is 35.6 Å². The van der Waals surface area contributed by atoms with Gasteiger partial charge in [-0.15, -0.1) is 0 Å². The lowest BCUT2D eigenvalue weighted by Crippen LogP contribution is -2.46. The Bertz CT molecular complexity index is 382. The van der Waals surface area contributed by atoms with Gasteiger partial charge in [-0.25, -0.2) is 4.39 Å². The van der Waals surface area contributed by atoms with Crippen molar-refractivity contribution in [1.29, 1.82) is 0 Å². The molecule has 18 heavy (non-hydrogen) atoms. The predicted octanol–water partition coefficient (Wildman–Crippen LogP) is 2.88. The average molecular weight is 250 g/mol. The van der Waals surface area contributed by atoms with Crippen molar-refractivity contribution in [2.75, 3.05) is 19.6 Å². The van der Waals surface area contributed by atoms with Crippen molar-refractivity contribution in [2.45, 2.75) is 38.1 Å². The molecule has 1 atom stereocenters. The van der Waals surface area contributed by atoms with Crippen molar-refractivity contribution >= 4 is 0 Å². The van der Waals surface area contributed by atoms with Gasteiger partial charge in [0.25, 0.3) is 0 Å². The van der Waals surface area contributed by atoms with Crippen molar-refractivity contribution in [2.24, 2.45) is 5.73 Å². The molecule has 0 saturated carbocycles. The molecule has 0 aliphatic carbocycles. The molecule has 0 aromatic heterocycles. The maximum Gasteiger partial charge on any atom is 0.128 e. The Labute approximate surface area is 109 Å². The maximum absolute atomic E-state index is 13.8. The molecular formula is C15H23FN2. The van der Waals surface area contributed by atoms with Crippen molar-refractivity contribution in [3.8, 4) is 0 Å². The molecule has 0 amide bonds. The van der Waals surface area contributed by atoms with E-state index in [1.165, 1.54) is 31.7 Å². The number of hydrogen-bond acceptors (Lipinski definition) is 2. The SMILES string of the molecule is CC(N)(CN1CCCCCC1)c1ccccc1F. The van der Waals surface area contributed by atoms with E-state index in [1.807, 2.05) is 13.0 Å². The summed E-state index contributed by atoms with van der Waals surface area (Å²) in [5, 5.41) is 0. The summed E-state index contributed by atoms with van der Waals surface area (Å²) >= 11 is 0. The van der Waals surface area contributed by atoms with Crippen LogP contribution in [0.3, 0.4) is 0 Å². The smallest absolute Gasteiger partial charge is 0.128 e. The summed E-state index contributed by atoms with van der Waals surface area (Å²) in [4.78, 5) is 2.37. The average Bonchev–Trinajstić information content (AvgIpc) is 2.57. The van der Waals surface area contributed by atoms with Crippen LogP contribution >= 0.6 is 0 Å². The van der Waals surface area contributed by atoms with E-state index < -0.39 is 5.54 Å². The Kier molecular flexibility index (Phi) is 4.36. The molecule has 2 N–H and O–H groups in total. The Hall–Kier alpha value is -0.930. The highest BCUT2D eigenvalue weighted by molar-refractivity contribution is 5.25. The number of nitrogens with zero attached hydrogens (tertiary/aromatic N) is 1. The molecule has 1 fully saturated rings. The van der Waals surface area contributed by atoms with Crippen LogP contribution in [0.2, 0.25) is 0 Å². The third-order valence-corrected chi connectivity index (χ3v) is 3.74. The largest absolute Gasteiger partial charge is 0.320 e. The Balaban J connectivity index is 2.08. The van der Waals surface area contributed by atoms with Gasteiger partial charge in [-0.3, -0.25) is 0 Å². The molecule has 0 spiro atoms. The van der Waals surface area contributed by atoms with Crippen LogP contribution in [0, 0.1) is 5.82 Å². The fourth-order valence-electron chi connectivity index (χ4n) is 2.77. The molecule has 2 nitrogen and oxygen atoms in total. The Morgan fingerprint density at radius 3 is 2.39 bits per heavy atom. The highest BCUT2D eigenvalue weighted by Crippen LogP contribution is 2.23. The standard InChI is InChI=1S/C15H23FN2/c1-15(17,13-8-4-5-9-14(13)16)12-18-10-6-2-3-7-11-18/h4-5,8-9H,2-3,6-7,10-12,17H2,1H3. The van der Waals surface area contributed by atoms with Gasteiger partial charge in [0.1, 0.15) is 5.82 Å². The second-order valence-electron chi connectivity index (χ2n) is 5.59. The lowest BCUT2D eigenvalue weighted by atomic mass is 9.92. The molecular weight excluding hydrogens is 227 g/mol.